The van der Waals surface area contributed by atoms with Gasteiger partial charge >= 0.3 is 0 Å². The van der Waals surface area contributed by atoms with Crippen LogP contribution in [0.5, 0.6) is 0 Å². The van der Waals surface area contributed by atoms with Gasteiger partial charge in [0.2, 0.25) is 0 Å². The minimum absolute atomic E-state index is 0.0818. The van der Waals surface area contributed by atoms with Crippen molar-refractivity contribution in [3.8, 4) is 6.07 Å². The summed E-state index contributed by atoms with van der Waals surface area (Å²) < 4.78 is 0. The minimum Gasteiger partial charge on any atom is -0.313 e. The maximum atomic E-state index is 8.94. The maximum Gasteiger partial charge on any atom is 0.0666 e. The quantitative estimate of drug-likeness (QED) is 0.885. The van der Waals surface area contributed by atoms with Crippen molar-refractivity contribution in [1.29, 1.82) is 5.26 Å². The Bertz CT molecular complexity index is 436. The third-order valence-electron chi connectivity index (χ3n) is 3.64. The van der Waals surface area contributed by atoms with Crippen LogP contribution in [0.4, 0.5) is 0 Å². The van der Waals surface area contributed by atoms with Crippen molar-refractivity contribution in [2.24, 2.45) is 5.92 Å². The molecule has 18 heavy (non-hydrogen) atoms. The highest BCUT2D eigenvalue weighted by molar-refractivity contribution is 5.31. The third kappa shape index (κ3) is 2.90. The van der Waals surface area contributed by atoms with Gasteiger partial charge in [-0.2, -0.15) is 5.26 Å². The zero-order chi connectivity index (χ0) is 13.0. The van der Waals surface area contributed by atoms with E-state index in [4.69, 9.17) is 5.26 Å². The van der Waals surface area contributed by atoms with Gasteiger partial charge in [-0.05, 0) is 38.1 Å². The van der Waals surface area contributed by atoms with Gasteiger partial charge in [0, 0.05) is 19.1 Å². The van der Waals surface area contributed by atoms with Crippen molar-refractivity contribution in [2.45, 2.75) is 25.9 Å². The fourth-order valence-corrected chi connectivity index (χ4v) is 2.70. The Morgan fingerprint density at radius 1 is 1.50 bits per heavy atom. The van der Waals surface area contributed by atoms with Crippen LogP contribution in [0.1, 0.15) is 30.5 Å². The maximum absolute atomic E-state index is 8.94. The number of nitriles is 1. The third-order valence-corrected chi connectivity index (χ3v) is 3.64. The molecule has 3 heteroatoms. The zero-order valence-corrected chi connectivity index (χ0v) is 11.2. The second-order valence-corrected chi connectivity index (χ2v) is 5.15. The average Bonchev–Trinajstić information content (AvgIpc) is 2.60. The highest BCUT2D eigenvalue weighted by Crippen LogP contribution is 2.28. The molecule has 2 rings (SSSR count). The summed E-state index contributed by atoms with van der Waals surface area (Å²) in [5.41, 5.74) is 2.80. The molecule has 0 spiro atoms. The van der Waals surface area contributed by atoms with Crippen LogP contribution in [0.3, 0.4) is 0 Å². The largest absolute Gasteiger partial charge is 0.313 e. The number of nitrogens with one attached hydrogen (secondary N) is 1. The smallest absolute Gasteiger partial charge is 0.0666 e. The van der Waals surface area contributed by atoms with E-state index in [0.29, 0.717) is 6.04 Å². The molecule has 0 bridgehead atoms. The summed E-state index contributed by atoms with van der Waals surface area (Å²) in [6.45, 7) is 4.80. The molecule has 0 aromatic heterocycles. The van der Waals surface area contributed by atoms with Crippen LogP contribution in [0, 0.1) is 17.2 Å². The van der Waals surface area contributed by atoms with Gasteiger partial charge in [-0.25, -0.2) is 0 Å². The van der Waals surface area contributed by atoms with Crippen LogP contribution in [-0.4, -0.2) is 25.0 Å². The molecule has 1 aromatic rings. The summed E-state index contributed by atoms with van der Waals surface area (Å²) in [5.74, 6) is 0.0818. The van der Waals surface area contributed by atoms with E-state index in [9.17, 15) is 0 Å². The molecule has 0 fully saturated rings. The zero-order valence-electron chi connectivity index (χ0n) is 11.2. The Hall–Kier alpha value is -1.37. The van der Waals surface area contributed by atoms with Crippen LogP contribution >= 0.6 is 0 Å². The van der Waals surface area contributed by atoms with E-state index in [1.807, 2.05) is 6.92 Å². The number of hydrogen-bond donors (Lipinski definition) is 1. The van der Waals surface area contributed by atoms with E-state index in [0.717, 1.165) is 26.1 Å². The van der Waals surface area contributed by atoms with Crippen molar-refractivity contribution in [3.05, 3.63) is 35.4 Å². The van der Waals surface area contributed by atoms with Crippen LogP contribution in [0.2, 0.25) is 0 Å². The molecule has 1 aromatic carbocycles. The van der Waals surface area contributed by atoms with Gasteiger partial charge in [-0.3, -0.25) is 4.90 Å². The number of rotatable bonds is 3. The molecule has 96 valence electrons. The molecule has 1 N–H and O–H groups in total. The van der Waals surface area contributed by atoms with Crippen molar-refractivity contribution < 1.29 is 0 Å². The molecule has 0 amide bonds. The van der Waals surface area contributed by atoms with Gasteiger partial charge in [-0.1, -0.05) is 24.3 Å². The molecular weight excluding hydrogens is 222 g/mol. The summed E-state index contributed by atoms with van der Waals surface area (Å²) in [6.07, 6.45) is 1.10. The molecule has 0 aliphatic carbocycles. The van der Waals surface area contributed by atoms with Gasteiger partial charge in [0.15, 0.2) is 0 Å². The predicted octanol–water partition coefficient (Wildman–Crippen LogP) is 2.31. The van der Waals surface area contributed by atoms with Crippen molar-refractivity contribution in [3.63, 3.8) is 0 Å². The first kappa shape index (κ1) is 13.1. The number of benzene rings is 1. The molecule has 0 saturated heterocycles. The topological polar surface area (TPSA) is 39.1 Å². The summed E-state index contributed by atoms with van der Waals surface area (Å²) in [4.78, 5) is 2.32. The average molecular weight is 243 g/mol. The Morgan fingerprint density at radius 3 is 3.06 bits per heavy atom. The van der Waals surface area contributed by atoms with Crippen LogP contribution in [0.15, 0.2) is 24.3 Å². The van der Waals surface area contributed by atoms with Gasteiger partial charge in [0.1, 0.15) is 0 Å². The van der Waals surface area contributed by atoms with Crippen LogP contribution in [-0.2, 0) is 6.54 Å². The van der Waals surface area contributed by atoms with Crippen molar-refractivity contribution in [2.75, 3.05) is 20.1 Å². The van der Waals surface area contributed by atoms with Crippen LogP contribution in [0.25, 0.3) is 0 Å². The first-order valence-electron chi connectivity index (χ1n) is 6.60. The van der Waals surface area contributed by atoms with E-state index in [2.05, 4.69) is 47.6 Å². The summed E-state index contributed by atoms with van der Waals surface area (Å²) in [7, 11) is 2.13. The van der Waals surface area contributed by atoms with Gasteiger partial charge in [-0.15, -0.1) is 0 Å². The first-order valence-corrected chi connectivity index (χ1v) is 6.60. The number of hydrogen-bond acceptors (Lipinski definition) is 3. The minimum atomic E-state index is 0.0818. The van der Waals surface area contributed by atoms with Gasteiger partial charge in [0.25, 0.3) is 0 Å². The Kier molecular flexibility index (Phi) is 4.35. The standard InChI is InChI=1S/C15H21N3/c1-12(9-16)11-18(2)15-7-8-17-10-13-5-3-4-6-14(13)15/h3-6,12,15,17H,7-8,10-11H2,1-2H3. The van der Waals surface area contributed by atoms with Crippen molar-refractivity contribution >= 4 is 0 Å². The summed E-state index contributed by atoms with van der Waals surface area (Å²) in [6, 6.07) is 11.4. The van der Waals surface area contributed by atoms with E-state index < -0.39 is 0 Å². The number of nitrogens with zero attached hydrogens (tertiary/aromatic N) is 2. The molecule has 0 radical (unpaired) electrons. The molecule has 1 aliphatic rings. The van der Waals surface area contributed by atoms with E-state index >= 15 is 0 Å². The fourth-order valence-electron chi connectivity index (χ4n) is 2.70. The lowest BCUT2D eigenvalue weighted by atomic mass is 9.97. The molecule has 3 nitrogen and oxygen atoms in total. The molecule has 1 heterocycles. The monoisotopic (exact) mass is 243 g/mol. The molecule has 2 unspecified atom stereocenters. The Morgan fingerprint density at radius 2 is 2.28 bits per heavy atom. The molecule has 0 saturated carbocycles. The van der Waals surface area contributed by atoms with Crippen LogP contribution < -0.4 is 5.32 Å². The normalized spacial score (nSPS) is 20.9. The van der Waals surface area contributed by atoms with E-state index in [1.54, 1.807) is 0 Å². The van der Waals surface area contributed by atoms with Crippen molar-refractivity contribution in [1.82, 2.24) is 10.2 Å². The second-order valence-electron chi connectivity index (χ2n) is 5.15. The number of fused-ring (bicyclic) bond motifs is 1. The lowest BCUT2D eigenvalue weighted by Crippen LogP contribution is -2.29. The lowest BCUT2D eigenvalue weighted by molar-refractivity contribution is 0.219. The van der Waals surface area contributed by atoms with E-state index in [1.165, 1.54) is 11.1 Å². The summed E-state index contributed by atoms with van der Waals surface area (Å²) >= 11 is 0. The molecule has 1 aliphatic heterocycles. The predicted molar refractivity (Wildman–Crippen MR) is 72.9 cm³/mol. The Balaban J connectivity index is 2.20. The second kappa shape index (κ2) is 5.99. The molecule has 2 atom stereocenters. The SMILES string of the molecule is CC(C#N)CN(C)C1CCNCc2ccccc21. The highest BCUT2D eigenvalue weighted by atomic mass is 15.1. The van der Waals surface area contributed by atoms with Gasteiger partial charge < -0.3 is 5.32 Å². The fraction of sp³-hybridized carbons (Fsp3) is 0.533. The van der Waals surface area contributed by atoms with Gasteiger partial charge in [0.05, 0.1) is 12.0 Å². The van der Waals surface area contributed by atoms with E-state index in [-0.39, 0.29) is 5.92 Å². The lowest BCUT2D eigenvalue weighted by Gasteiger charge is -2.29. The first-order chi connectivity index (χ1) is 8.72. The molecular formula is C15H21N3. The highest BCUT2D eigenvalue weighted by Gasteiger charge is 2.22. The Labute approximate surface area is 109 Å². The summed E-state index contributed by atoms with van der Waals surface area (Å²) in [5, 5.41) is 12.4.